The van der Waals surface area contributed by atoms with E-state index < -0.39 is 5.91 Å². The van der Waals surface area contributed by atoms with Crippen LogP contribution in [0.2, 0.25) is 15.1 Å². The molecule has 0 unspecified atom stereocenters. The molecule has 4 rings (SSSR count). The molecule has 0 saturated carbocycles. The zero-order valence-electron chi connectivity index (χ0n) is 16.0. The van der Waals surface area contributed by atoms with Gasteiger partial charge < -0.3 is 10.1 Å². The highest BCUT2D eigenvalue weighted by molar-refractivity contribution is 6.33. The van der Waals surface area contributed by atoms with Crippen LogP contribution in [0.25, 0.3) is 0 Å². The number of anilines is 1. The maximum atomic E-state index is 12.5. The fourth-order valence-electron chi connectivity index (χ4n) is 2.79. The van der Waals surface area contributed by atoms with Crippen LogP contribution in [0.4, 0.5) is 5.82 Å². The van der Waals surface area contributed by atoms with Crippen LogP contribution >= 0.6 is 34.8 Å². The Labute approximate surface area is 193 Å². The molecule has 0 spiro atoms. The number of hydrogen-bond acceptors (Lipinski definition) is 4. The third kappa shape index (κ3) is 5.38. The van der Waals surface area contributed by atoms with Crippen molar-refractivity contribution in [2.75, 3.05) is 5.32 Å². The first-order chi connectivity index (χ1) is 15.0. The predicted molar refractivity (Wildman–Crippen MR) is 120 cm³/mol. The number of aromatic nitrogens is 4. The monoisotopic (exact) mass is 475 g/mol. The van der Waals surface area contributed by atoms with Gasteiger partial charge in [0.25, 0.3) is 5.91 Å². The molecule has 0 atom stereocenters. The summed E-state index contributed by atoms with van der Waals surface area (Å²) in [6.07, 6.45) is 3.26. The van der Waals surface area contributed by atoms with Crippen LogP contribution in [0.3, 0.4) is 0 Å². The molecule has 0 aliphatic carbocycles. The standard InChI is InChI=1S/C21H16Cl3N5O2/c22-15-5-3-6-16(10-15)31-13-28-9-8-19(26-28)21(30)25-20-18(24)12-29(27-20)11-14-4-1-2-7-17(14)23/h1-10,12H,11,13H2,(H,25,27,30). The number of halogens is 3. The van der Waals surface area contributed by atoms with Gasteiger partial charge in [0.1, 0.15) is 10.8 Å². The van der Waals surface area contributed by atoms with Gasteiger partial charge >= 0.3 is 0 Å². The smallest absolute Gasteiger partial charge is 0.277 e. The molecule has 2 aromatic heterocycles. The molecule has 0 radical (unpaired) electrons. The van der Waals surface area contributed by atoms with Crippen LogP contribution < -0.4 is 10.1 Å². The molecule has 4 aromatic rings. The van der Waals surface area contributed by atoms with E-state index >= 15 is 0 Å². The molecule has 0 saturated heterocycles. The number of carbonyl (C=O) groups is 1. The SMILES string of the molecule is O=C(Nc1nn(Cc2ccccc2Cl)cc1Cl)c1ccn(COc2cccc(Cl)c2)n1. The molecule has 0 fully saturated rings. The van der Waals surface area contributed by atoms with Crippen molar-refractivity contribution < 1.29 is 9.53 Å². The number of benzene rings is 2. The molecule has 0 aliphatic heterocycles. The fraction of sp³-hybridized carbons (Fsp3) is 0.0952. The fourth-order valence-corrected chi connectivity index (χ4v) is 3.36. The van der Waals surface area contributed by atoms with Crippen LogP contribution in [0.1, 0.15) is 16.1 Å². The van der Waals surface area contributed by atoms with Crippen molar-refractivity contribution in [2.24, 2.45) is 0 Å². The second-order valence-corrected chi connectivity index (χ2v) is 7.79. The molecular formula is C21H16Cl3N5O2. The van der Waals surface area contributed by atoms with Crippen LogP contribution in [0, 0.1) is 0 Å². The minimum Gasteiger partial charge on any atom is -0.471 e. The number of nitrogens with zero attached hydrogens (tertiary/aromatic N) is 4. The molecule has 1 N–H and O–H groups in total. The van der Waals surface area contributed by atoms with Crippen molar-refractivity contribution >= 4 is 46.5 Å². The summed E-state index contributed by atoms with van der Waals surface area (Å²) in [6.45, 7) is 0.547. The van der Waals surface area contributed by atoms with E-state index in [2.05, 4.69) is 15.5 Å². The number of ether oxygens (including phenoxy) is 1. The average Bonchev–Trinajstić information content (AvgIpc) is 3.35. The molecule has 1 amide bonds. The maximum Gasteiger partial charge on any atom is 0.277 e. The Morgan fingerprint density at radius 1 is 0.968 bits per heavy atom. The normalized spacial score (nSPS) is 10.8. The summed E-state index contributed by atoms with van der Waals surface area (Å²) in [5.74, 6) is 0.402. The Balaban J connectivity index is 1.38. The van der Waals surface area contributed by atoms with Gasteiger partial charge in [-0.05, 0) is 35.9 Å². The zero-order valence-corrected chi connectivity index (χ0v) is 18.3. The van der Waals surface area contributed by atoms with Crippen molar-refractivity contribution in [3.8, 4) is 5.75 Å². The Hall–Kier alpha value is -3.00. The zero-order chi connectivity index (χ0) is 21.8. The molecule has 2 aromatic carbocycles. The minimum absolute atomic E-state index is 0.126. The molecule has 31 heavy (non-hydrogen) atoms. The quantitative estimate of drug-likeness (QED) is 0.389. The predicted octanol–water partition coefficient (Wildman–Crippen LogP) is 5.38. The van der Waals surface area contributed by atoms with Gasteiger partial charge in [0.2, 0.25) is 0 Å². The van der Waals surface area contributed by atoms with Gasteiger partial charge in [0, 0.05) is 22.4 Å². The van der Waals surface area contributed by atoms with Crippen molar-refractivity contribution in [1.82, 2.24) is 19.6 Å². The lowest BCUT2D eigenvalue weighted by molar-refractivity contribution is 0.101. The van der Waals surface area contributed by atoms with Crippen LogP contribution in [0.5, 0.6) is 5.75 Å². The van der Waals surface area contributed by atoms with E-state index in [0.29, 0.717) is 27.4 Å². The van der Waals surface area contributed by atoms with Gasteiger partial charge in [0.15, 0.2) is 18.2 Å². The van der Waals surface area contributed by atoms with E-state index in [-0.39, 0.29) is 18.2 Å². The van der Waals surface area contributed by atoms with Gasteiger partial charge in [-0.1, -0.05) is 59.1 Å². The van der Waals surface area contributed by atoms with E-state index in [1.54, 1.807) is 53.5 Å². The summed E-state index contributed by atoms with van der Waals surface area (Å²) in [5.41, 5.74) is 1.09. The highest BCUT2D eigenvalue weighted by Gasteiger charge is 2.15. The Morgan fingerprint density at radius 3 is 2.61 bits per heavy atom. The van der Waals surface area contributed by atoms with Crippen molar-refractivity contribution in [2.45, 2.75) is 13.3 Å². The van der Waals surface area contributed by atoms with E-state index in [4.69, 9.17) is 39.5 Å². The van der Waals surface area contributed by atoms with Gasteiger partial charge in [-0.25, -0.2) is 4.68 Å². The summed E-state index contributed by atoms with van der Waals surface area (Å²) in [4.78, 5) is 12.5. The van der Waals surface area contributed by atoms with Gasteiger partial charge in [-0.3, -0.25) is 9.48 Å². The molecular weight excluding hydrogens is 461 g/mol. The Bertz CT molecular complexity index is 1220. The largest absolute Gasteiger partial charge is 0.471 e. The Kier molecular flexibility index (Phi) is 6.46. The highest BCUT2D eigenvalue weighted by atomic mass is 35.5. The minimum atomic E-state index is -0.439. The van der Waals surface area contributed by atoms with E-state index in [1.807, 2.05) is 18.2 Å². The lowest BCUT2D eigenvalue weighted by Gasteiger charge is -2.06. The van der Waals surface area contributed by atoms with Gasteiger partial charge in [-0.15, -0.1) is 0 Å². The van der Waals surface area contributed by atoms with Crippen LogP contribution in [-0.2, 0) is 13.3 Å². The summed E-state index contributed by atoms with van der Waals surface area (Å²) in [5, 5.41) is 12.7. The molecule has 0 bridgehead atoms. The molecule has 158 valence electrons. The van der Waals surface area contributed by atoms with Gasteiger partial charge in [0.05, 0.1) is 6.54 Å². The summed E-state index contributed by atoms with van der Waals surface area (Å²) >= 11 is 18.4. The summed E-state index contributed by atoms with van der Waals surface area (Å²) in [6, 6.07) is 16.0. The molecule has 2 heterocycles. The third-order valence-electron chi connectivity index (χ3n) is 4.27. The lowest BCUT2D eigenvalue weighted by Crippen LogP contribution is -2.15. The number of hydrogen-bond donors (Lipinski definition) is 1. The number of carbonyl (C=O) groups excluding carboxylic acids is 1. The molecule has 0 aliphatic rings. The average molecular weight is 477 g/mol. The second-order valence-electron chi connectivity index (χ2n) is 6.54. The topological polar surface area (TPSA) is 74.0 Å². The first-order valence-electron chi connectivity index (χ1n) is 9.17. The number of nitrogens with one attached hydrogen (secondary N) is 1. The van der Waals surface area contributed by atoms with Crippen LogP contribution in [-0.4, -0.2) is 25.5 Å². The van der Waals surface area contributed by atoms with E-state index in [9.17, 15) is 4.79 Å². The molecule has 10 heteroatoms. The number of amides is 1. The summed E-state index contributed by atoms with van der Waals surface area (Å²) < 4.78 is 8.71. The lowest BCUT2D eigenvalue weighted by atomic mass is 10.2. The Morgan fingerprint density at radius 2 is 1.81 bits per heavy atom. The third-order valence-corrected chi connectivity index (χ3v) is 5.15. The highest BCUT2D eigenvalue weighted by Crippen LogP contribution is 2.22. The van der Waals surface area contributed by atoms with Crippen molar-refractivity contribution in [3.05, 3.63) is 93.3 Å². The van der Waals surface area contributed by atoms with Crippen LogP contribution in [0.15, 0.2) is 67.0 Å². The number of rotatable bonds is 7. The first kappa shape index (κ1) is 21.2. The van der Waals surface area contributed by atoms with E-state index in [1.165, 1.54) is 4.68 Å². The van der Waals surface area contributed by atoms with Gasteiger partial charge in [-0.2, -0.15) is 10.2 Å². The maximum absolute atomic E-state index is 12.5. The van der Waals surface area contributed by atoms with Crippen molar-refractivity contribution in [1.29, 1.82) is 0 Å². The molecule has 7 nitrogen and oxygen atoms in total. The second kappa shape index (κ2) is 9.43. The first-order valence-corrected chi connectivity index (χ1v) is 10.3. The van der Waals surface area contributed by atoms with E-state index in [0.717, 1.165) is 5.56 Å². The van der Waals surface area contributed by atoms with Crippen molar-refractivity contribution in [3.63, 3.8) is 0 Å². The summed E-state index contributed by atoms with van der Waals surface area (Å²) in [7, 11) is 0.